The molecule has 0 spiro atoms. The SMILES string of the molecule is C[C@@H]1C[C@H](C)CN(C(=O)c2cc(Cl)ccc2NC(=O)CCC(=O)Nc2cccnc2)C1. The molecule has 0 unspecified atom stereocenters. The minimum Gasteiger partial charge on any atom is -0.338 e. The number of likely N-dealkylation sites (tertiary alicyclic amines) is 1. The van der Waals surface area contributed by atoms with Crippen molar-refractivity contribution < 1.29 is 14.4 Å². The van der Waals surface area contributed by atoms with Crippen molar-refractivity contribution in [2.24, 2.45) is 11.8 Å². The van der Waals surface area contributed by atoms with Gasteiger partial charge in [-0.05, 0) is 48.6 Å². The molecule has 2 aromatic rings. The summed E-state index contributed by atoms with van der Waals surface area (Å²) in [5.74, 6) is 0.0574. The highest BCUT2D eigenvalue weighted by atomic mass is 35.5. The number of rotatable bonds is 6. The summed E-state index contributed by atoms with van der Waals surface area (Å²) in [7, 11) is 0. The molecule has 3 rings (SSSR count). The van der Waals surface area contributed by atoms with E-state index in [4.69, 9.17) is 11.6 Å². The van der Waals surface area contributed by atoms with Gasteiger partial charge in [0.25, 0.3) is 5.91 Å². The molecule has 1 aliphatic rings. The molecule has 0 radical (unpaired) electrons. The van der Waals surface area contributed by atoms with E-state index in [0.717, 1.165) is 6.42 Å². The van der Waals surface area contributed by atoms with E-state index in [1.54, 1.807) is 36.5 Å². The van der Waals surface area contributed by atoms with E-state index in [9.17, 15) is 14.4 Å². The van der Waals surface area contributed by atoms with E-state index in [-0.39, 0.29) is 30.6 Å². The lowest BCUT2D eigenvalue weighted by molar-refractivity contribution is -0.121. The van der Waals surface area contributed by atoms with Gasteiger partial charge in [0.05, 0.1) is 23.1 Å². The molecule has 1 aliphatic heterocycles. The topological polar surface area (TPSA) is 91.4 Å². The fraction of sp³-hybridized carbons (Fsp3) is 0.391. The molecule has 1 aromatic heterocycles. The number of anilines is 2. The average molecular weight is 443 g/mol. The van der Waals surface area contributed by atoms with Crippen LogP contribution >= 0.6 is 11.6 Å². The predicted molar refractivity (Wildman–Crippen MR) is 121 cm³/mol. The second kappa shape index (κ2) is 10.4. The van der Waals surface area contributed by atoms with Crippen LogP contribution in [0.3, 0.4) is 0 Å². The number of carbonyl (C=O) groups excluding carboxylic acids is 3. The molecular formula is C23H27ClN4O3. The second-order valence-corrected chi connectivity index (χ2v) is 8.62. The van der Waals surface area contributed by atoms with Gasteiger partial charge in [0, 0.05) is 37.2 Å². The van der Waals surface area contributed by atoms with E-state index in [1.807, 2.05) is 4.90 Å². The molecule has 2 N–H and O–H groups in total. The van der Waals surface area contributed by atoms with Gasteiger partial charge in [-0.25, -0.2) is 0 Å². The first-order chi connectivity index (χ1) is 14.8. The Bertz CT molecular complexity index is 941. The number of pyridine rings is 1. The molecule has 3 amide bonds. The van der Waals surface area contributed by atoms with E-state index in [1.165, 1.54) is 6.20 Å². The lowest BCUT2D eigenvalue weighted by Gasteiger charge is -2.35. The van der Waals surface area contributed by atoms with Crippen molar-refractivity contribution in [3.05, 3.63) is 53.3 Å². The second-order valence-electron chi connectivity index (χ2n) is 8.18. The van der Waals surface area contributed by atoms with E-state index in [0.29, 0.717) is 46.9 Å². The Hall–Kier alpha value is -2.93. The van der Waals surface area contributed by atoms with Crippen molar-refractivity contribution in [1.29, 1.82) is 0 Å². The van der Waals surface area contributed by atoms with E-state index in [2.05, 4.69) is 29.5 Å². The van der Waals surface area contributed by atoms with Crippen LogP contribution in [-0.2, 0) is 9.59 Å². The Morgan fingerprint density at radius 2 is 1.74 bits per heavy atom. The van der Waals surface area contributed by atoms with Gasteiger partial charge in [-0.3, -0.25) is 19.4 Å². The quantitative estimate of drug-likeness (QED) is 0.700. The van der Waals surface area contributed by atoms with Crippen molar-refractivity contribution in [3.8, 4) is 0 Å². The van der Waals surface area contributed by atoms with Crippen LogP contribution in [0, 0.1) is 11.8 Å². The molecule has 164 valence electrons. The highest BCUT2D eigenvalue weighted by Gasteiger charge is 2.28. The summed E-state index contributed by atoms with van der Waals surface area (Å²) < 4.78 is 0. The van der Waals surface area contributed by atoms with Gasteiger partial charge < -0.3 is 15.5 Å². The van der Waals surface area contributed by atoms with Gasteiger partial charge in [-0.15, -0.1) is 0 Å². The molecule has 1 aromatic carbocycles. The zero-order valence-corrected chi connectivity index (χ0v) is 18.5. The highest BCUT2D eigenvalue weighted by molar-refractivity contribution is 6.31. The van der Waals surface area contributed by atoms with E-state index < -0.39 is 0 Å². The summed E-state index contributed by atoms with van der Waals surface area (Å²) in [4.78, 5) is 43.4. The van der Waals surface area contributed by atoms with Gasteiger partial charge in [0.2, 0.25) is 11.8 Å². The third-order valence-electron chi connectivity index (χ3n) is 5.17. The molecular weight excluding hydrogens is 416 g/mol. The molecule has 1 fully saturated rings. The lowest BCUT2D eigenvalue weighted by atomic mass is 9.91. The van der Waals surface area contributed by atoms with Crippen LogP contribution < -0.4 is 10.6 Å². The van der Waals surface area contributed by atoms with Crippen LogP contribution in [0.1, 0.15) is 43.5 Å². The first-order valence-corrected chi connectivity index (χ1v) is 10.8. The summed E-state index contributed by atoms with van der Waals surface area (Å²) in [6.45, 7) is 5.62. The summed E-state index contributed by atoms with van der Waals surface area (Å²) in [5.41, 5.74) is 1.34. The summed E-state index contributed by atoms with van der Waals surface area (Å²) in [5, 5.41) is 5.88. The number of hydrogen-bond acceptors (Lipinski definition) is 4. The van der Waals surface area contributed by atoms with Crippen LogP contribution in [-0.4, -0.2) is 40.7 Å². The van der Waals surface area contributed by atoms with Crippen molar-refractivity contribution in [2.45, 2.75) is 33.1 Å². The maximum Gasteiger partial charge on any atom is 0.256 e. The molecule has 0 saturated carbocycles. The predicted octanol–water partition coefficient (Wildman–Crippen LogP) is 4.21. The van der Waals surface area contributed by atoms with Crippen molar-refractivity contribution in [1.82, 2.24) is 9.88 Å². The molecule has 0 aliphatic carbocycles. The smallest absolute Gasteiger partial charge is 0.256 e. The number of carbonyl (C=O) groups is 3. The third-order valence-corrected chi connectivity index (χ3v) is 5.40. The first-order valence-electron chi connectivity index (χ1n) is 10.4. The Morgan fingerprint density at radius 3 is 2.39 bits per heavy atom. The normalized spacial score (nSPS) is 18.4. The Kier molecular flexibility index (Phi) is 7.63. The van der Waals surface area contributed by atoms with Crippen molar-refractivity contribution in [3.63, 3.8) is 0 Å². The van der Waals surface area contributed by atoms with E-state index >= 15 is 0 Å². The summed E-state index contributed by atoms with van der Waals surface area (Å²) >= 11 is 6.13. The number of halogens is 1. The van der Waals surface area contributed by atoms with Gasteiger partial charge in [0.1, 0.15) is 0 Å². The number of amides is 3. The molecule has 0 bridgehead atoms. The number of nitrogens with one attached hydrogen (secondary N) is 2. The summed E-state index contributed by atoms with van der Waals surface area (Å²) in [6, 6.07) is 8.27. The maximum absolute atomic E-state index is 13.2. The fourth-order valence-electron chi connectivity index (χ4n) is 3.90. The minimum absolute atomic E-state index is 0.0127. The molecule has 2 heterocycles. The molecule has 1 saturated heterocycles. The number of hydrogen-bond donors (Lipinski definition) is 2. The van der Waals surface area contributed by atoms with Gasteiger partial charge in [-0.2, -0.15) is 0 Å². The van der Waals surface area contributed by atoms with Gasteiger partial charge in [0.15, 0.2) is 0 Å². The average Bonchev–Trinajstić information content (AvgIpc) is 2.73. The Morgan fingerprint density at radius 1 is 1.06 bits per heavy atom. The highest BCUT2D eigenvalue weighted by Crippen LogP contribution is 2.27. The first kappa shape index (κ1) is 22.7. The molecule has 2 atom stereocenters. The van der Waals surface area contributed by atoms with Crippen molar-refractivity contribution >= 4 is 40.7 Å². The van der Waals surface area contributed by atoms with Crippen LogP contribution in [0.5, 0.6) is 0 Å². The zero-order valence-electron chi connectivity index (χ0n) is 17.7. The number of benzene rings is 1. The monoisotopic (exact) mass is 442 g/mol. The zero-order chi connectivity index (χ0) is 22.4. The molecule has 31 heavy (non-hydrogen) atoms. The number of aromatic nitrogens is 1. The number of nitrogens with zero attached hydrogens (tertiary/aromatic N) is 2. The van der Waals surface area contributed by atoms with Gasteiger partial charge >= 0.3 is 0 Å². The lowest BCUT2D eigenvalue weighted by Crippen LogP contribution is -2.42. The van der Waals surface area contributed by atoms with Crippen molar-refractivity contribution in [2.75, 3.05) is 23.7 Å². The largest absolute Gasteiger partial charge is 0.338 e. The Labute approximate surface area is 187 Å². The third kappa shape index (κ3) is 6.52. The molecule has 7 nitrogen and oxygen atoms in total. The minimum atomic E-state index is -0.349. The van der Waals surface area contributed by atoms with Crippen LogP contribution in [0.25, 0.3) is 0 Å². The fourth-order valence-corrected chi connectivity index (χ4v) is 4.07. The maximum atomic E-state index is 13.2. The summed E-state index contributed by atoms with van der Waals surface area (Å²) in [6.07, 6.45) is 4.23. The standard InChI is InChI=1S/C23H27ClN4O3/c1-15-10-16(2)14-28(13-15)23(31)19-11-17(24)5-6-20(19)27-22(30)8-7-21(29)26-18-4-3-9-25-12-18/h3-6,9,11-12,15-16H,7-8,10,13-14H2,1-2H3,(H,26,29)(H,27,30)/t15-,16+. The van der Waals surface area contributed by atoms with Crippen LogP contribution in [0.15, 0.2) is 42.7 Å². The number of piperidine rings is 1. The molecule has 8 heteroatoms. The van der Waals surface area contributed by atoms with Crippen LogP contribution in [0.4, 0.5) is 11.4 Å². The van der Waals surface area contributed by atoms with Gasteiger partial charge in [-0.1, -0.05) is 25.4 Å². The van der Waals surface area contributed by atoms with Crippen LogP contribution in [0.2, 0.25) is 5.02 Å². The Balaban J connectivity index is 1.62.